The van der Waals surface area contributed by atoms with E-state index < -0.39 is 5.82 Å². The van der Waals surface area contributed by atoms with Gasteiger partial charge in [-0.1, -0.05) is 18.2 Å². The lowest BCUT2D eigenvalue weighted by Crippen LogP contribution is -2.19. The van der Waals surface area contributed by atoms with Crippen molar-refractivity contribution in [2.24, 2.45) is 7.05 Å². The molecule has 0 saturated heterocycles. The smallest absolute Gasteiger partial charge is 0.165 e. The Kier molecular flexibility index (Phi) is 7.07. The first-order valence-corrected chi connectivity index (χ1v) is 10.3. The Morgan fingerprint density at radius 2 is 1.97 bits per heavy atom. The summed E-state index contributed by atoms with van der Waals surface area (Å²) < 4.78 is 22.6. The fourth-order valence-electron chi connectivity index (χ4n) is 3.77. The van der Waals surface area contributed by atoms with Gasteiger partial charge < -0.3 is 20.8 Å². The van der Waals surface area contributed by atoms with Gasteiger partial charge in [0.25, 0.3) is 0 Å². The molecule has 0 radical (unpaired) electrons. The van der Waals surface area contributed by atoms with Crippen LogP contribution in [0.3, 0.4) is 0 Å². The molecule has 0 bridgehead atoms. The van der Waals surface area contributed by atoms with Crippen LogP contribution in [0.25, 0.3) is 11.1 Å². The predicted octanol–water partition coefficient (Wildman–Crippen LogP) is 4.09. The molecule has 0 aliphatic carbocycles. The van der Waals surface area contributed by atoms with Gasteiger partial charge in [0, 0.05) is 49.6 Å². The minimum Gasteiger partial charge on any atom is -0.490 e. The van der Waals surface area contributed by atoms with Crippen LogP contribution in [-0.4, -0.2) is 42.7 Å². The standard InChI is InChI=1S/C24H30FN5O/c1-15-18(16(2)30(5)29-15)11-12-31-24-19(7-6-8-21(24)25)17-9-10-23(28-4)20(13-17)22(26)14-27-3/h6-10,13,26-28H,11-12,14H2,1-5H3. The molecule has 0 atom stereocenters. The van der Waals surface area contributed by atoms with Crippen molar-refractivity contribution in [1.82, 2.24) is 15.1 Å². The van der Waals surface area contributed by atoms with E-state index in [1.165, 1.54) is 6.07 Å². The summed E-state index contributed by atoms with van der Waals surface area (Å²) in [6.45, 7) is 4.78. The summed E-state index contributed by atoms with van der Waals surface area (Å²) in [5, 5.41) is 18.9. The van der Waals surface area contributed by atoms with E-state index in [-0.39, 0.29) is 5.75 Å². The van der Waals surface area contributed by atoms with Crippen LogP contribution in [0.4, 0.5) is 10.1 Å². The van der Waals surface area contributed by atoms with Gasteiger partial charge in [-0.15, -0.1) is 0 Å². The summed E-state index contributed by atoms with van der Waals surface area (Å²) >= 11 is 0. The number of benzene rings is 2. The van der Waals surface area contributed by atoms with E-state index in [2.05, 4.69) is 15.7 Å². The monoisotopic (exact) mass is 423 g/mol. The maximum absolute atomic E-state index is 14.7. The first-order valence-electron chi connectivity index (χ1n) is 10.3. The third kappa shape index (κ3) is 4.77. The number of likely N-dealkylation sites (N-methyl/N-ethyl adjacent to an activating group) is 1. The van der Waals surface area contributed by atoms with E-state index in [0.717, 1.165) is 33.8 Å². The Labute approximate surface area is 183 Å². The second kappa shape index (κ2) is 9.75. The summed E-state index contributed by atoms with van der Waals surface area (Å²) in [5.74, 6) is -0.174. The van der Waals surface area contributed by atoms with E-state index in [1.54, 1.807) is 6.07 Å². The molecule has 0 spiro atoms. The second-order valence-corrected chi connectivity index (χ2v) is 7.51. The largest absolute Gasteiger partial charge is 0.490 e. The van der Waals surface area contributed by atoms with Crippen molar-refractivity contribution >= 4 is 11.4 Å². The number of hydrogen-bond acceptors (Lipinski definition) is 5. The van der Waals surface area contributed by atoms with Crippen molar-refractivity contribution in [2.45, 2.75) is 20.3 Å². The number of halogens is 1. The lowest BCUT2D eigenvalue weighted by atomic mass is 9.98. The van der Waals surface area contributed by atoms with Gasteiger partial charge >= 0.3 is 0 Å². The highest BCUT2D eigenvalue weighted by Gasteiger charge is 2.16. The third-order valence-electron chi connectivity index (χ3n) is 5.50. The van der Waals surface area contributed by atoms with Gasteiger partial charge in [0.15, 0.2) is 11.6 Å². The molecule has 0 saturated carbocycles. The maximum Gasteiger partial charge on any atom is 0.165 e. The lowest BCUT2D eigenvalue weighted by Gasteiger charge is -2.16. The molecule has 0 unspecified atom stereocenters. The minimum atomic E-state index is -0.401. The fraction of sp³-hybridized carbons (Fsp3) is 0.333. The van der Waals surface area contributed by atoms with Gasteiger partial charge in [-0.25, -0.2) is 4.39 Å². The van der Waals surface area contributed by atoms with E-state index in [0.29, 0.717) is 30.8 Å². The second-order valence-electron chi connectivity index (χ2n) is 7.51. The van der Waals surface area contributed by atoms with Gasteiger partial charge in [0.1, 0.15) is 0 Å². The highest BCUT2D eigenvalue weighted by molar-refractivity contribution is 6.05. The first kappa shape index (κ1) is 22.5. The average Bonchev–Trinajstić information content (AvgIpc) is 3.00. The quantitative estimate of drug-likeness (QED) is 0.453. The molecule has 3 rings (SSSR count). The van der Waals surface area contributed by atoms with Crippen LogP contribution in [0.5, 0.6) is 5.75 Å². The Hall–Kier alpha value is -3.19. The van der Waals surface area contributed by atoms with Crippen molar-refractivity contribution in [3.8, 4) is 16.9 Å². The molecule has 1 heterocycles. The average molecular weight is 424 g/mol. The molecular formula is C24H30FN5O. The fourth-order valence-corrected chi connectivity index (χ4v) is 3.77. The number of rotatable bonds is 9. The molecule has 6 nitrogen and oxygen atoms in total. The van der Waals surface area contributed by atoms with Crippen LogP contribution in [0, 0.1) is 25.1 Å². The number of ether oxygens (including phenoxy) is 1. The SMILES string of the molecule is CNCC(=N)c1cc(-c2cccc(F)c2OCCc2c(C)nn(C)c2C)ccc1NC. The Balaban J connectivity index is 1.90. The van der Waals surface area contributed by atoms with Crippen molar-refractivity contribution in [3.05, 3.63) is 64.7 Å². The number of anilines is 1. The maximum atomic E-state index is 14.7. The molecule has 1 aromatic heterocycles. The predicted molar refractivity (Wildman–Crippen MR) is 124 cm³/mol. The van der Waals surface area contributed by atoms with Crippen LogP contribution in [0.2, 0.25) is 0 Å². The van der Waals surface area contributed by atoms with Crippen molar-refractivity contribution in [3.63, 3.8) is 0 Å². The molecule has 31 heavy (non-hydrogen) atoms. The van der Waals surface area contributed by atoms with Crippen molar-refractivity contribution in [1.29, 1.82) is 5.41 Å². The van der Waals surface area contributed by atoms with Crippen LogP contribution in [0.15, 0.2) is 36.4 Å². The normalized spacial score (nSPS) is 10.9. The van der Waals surface area contributed by atoms with E-state index in [9.17, 15) is 4.39 Å². The zero-order valence-corrected chi connectivity index (χ0v) is 18.8. The van der Waals surface area contributed by atoms with Gasteiger partial charge in [-0.2, -0.15) is 5.10 Å². The first-order chi connectivity index (χ1) is 14.9. The molecule has 3 N–H and O–H groups in total. The molecule has 164 valence electrons. The van der Waals surface area contributed by atoms with Crippen molar-refractivity contribution < 1.29 is 9.13 Å². The Morgan fingerprint density at radius 3 is 2.61 bits per heavy atom. The Morgan fingerprint density at radius 1 is 1.19 bits per heavy atom. The lowest BCUT2D eigenvalue weighted by molar-refractivity contribution is 0.306. The highest BCUT2D eigenvalue weighted by Crippen LogP contribution is 2.34. The summed E-state index contributed by atoms with van der Waals surface area (Å²) in [6, 6.07) is 10.7. The molecular weight excluding hydrogens is 393 g/mol. The summed E-state index contributed by atoms with van der Waals surface area (Å²) in [5.41, 5.74) is 6.73. The van der Waals surface area contributed by atoms with Gasteiger partial charge in [0.05, 0.1) is 18.0 Å². The van der Waals surface area contributed by atoms with Crippen LogP contribution in [-0.2, 0) is 13.5 Å². The van der Waals surface area contributed by atoms with E-state index in [1.807, 2.05) is 63.9 Å². The molecule has 7 heteroatoms. The van der Waals surface area contributed by atoms with Gasteiger partial charge in [-0.3, -0.25) is 4.68 Å². The van der Waals surface area contributed by atoms with E-state index >= 15 is 0 Å². The van der Waals surface area contributed by atoms with Gasteiger partial charge in [0.2, 0.25) is 0 Å². The van der Waals surface area contributed by atoms with Crippen LogP contribution >= 0.6 is 0 Å². The zero-order valence-electron chi connectivity index (χ0n) is 18.8. The summed E-state index contributed by atoms with van der Waals surface area (Å²) in [7, 11) is 5.55. The number of para-hydroxylation sites is 1. The third-order valence-corrected chi connectivity index (χ3v) is 5.50. The molecule has 3 aromatic rings. The van der Waals surface area contributed by atoms with Crippen LogP contribution < -0.4 is 15.4 Å². The van der Waals surface area contributed by atoms with Crippen molar-refractivity contribution in [2.75, 3.05) is 32.6 Å². The topological polar surface area (TPSA) is 75.0 Å². The molecule has 2 aromatic carbocycles. The number of aryl methyl sites for hydroxylation is 2. The number of nitrogens with one attached hydrogen (secondary N) is 3. The highest BCUT2D eigenvalue weighted by atomic mass is 19.1. The number of hydrogen-bond donors (Lipinski definition) is 3. The van der Waals surface area contributed by atoms with Gasteiger partial charge in [-0.05, 0) is 50.2 Å². The van der Waals surface area contributed by atoms with Crippen LogP contribution in [0.1, 0.15) is 22.5 Å². The summed E-state index contributed by atoms with van der Waals surface area (Å²) in [4.78, 5) is 0. The summed E-state index contributed by atoms with van der Waals surface area (Å²) in [6.07, 6.45) is 0.649. The Bertz CT molecular complexity index is 1090. The molecule has 0 fully saturated rings. The van der Waals surface area contributed by atoms with E-state index in [4.69, 9.17) is 10.1 Å². The molecule has 0 amide bonds. The molecule has 0 aliphatic heterocycles. The molecule has 0 aliphatic rings. The number of nitrogens with zero attached hydrogens (tertiary/aromatic N) is 2. The number of aromatic nitrogens is 2. The zero-order chi connectivity index (χ0) is 22.5. The minimum absolute atomic E-state index is 0.227.